The van der Waals surface area contributed by atoms with Gasteiger partial charge >= 0.3 is 6.03 Å². The molecule has 0 radical (unpaired) electrons. The van der Waals surface area contributed by atoms with Crippen LogP contribution in [0.15, 0.2) is 48.7 Å². The van der Waals surface area contributed by atoms with Gasteiger partial charge in [0.2, 0.25) is 0 Å². The molecular weight excluding hydrogens is 180 g/mol. The van der Waals surface area contributed by atoms with Crippen molar-refractivity contribution in [2.75, 3.05) is 0 Å². The minimum absolute atomic E-state index is 0.211. The van der Waals surface area contributed by atoms with Gasteiger partial charge in [-0.05, 0) is 11.6 Å². The Hall–Kier alpha value is -2.10. The molecular formula is C10H10N2O2. The zero-order valence-electron chi connectivity index (χ0n) is 7.54. The van der Waals surface area contributed by atoms with Crippen molar-refractivity contribution in [3.63, 3.8) is 0 Å². The van der Waals surface area contributed by atoms with Gasteiger partial charge < -0.3 is 5.32 Å². The number of urea groups is 1. The standard InChI is InChI=1S/C10H10N2O2/c1-3-5-7(4-2)6-8-9(13)12-10(14)11-8/h3-6H,1-2H2,(H2,11,12,13,14)/b7-5+,8-6+. The van der Waals surface area contributed by atoms with Gasteiger partial charge in [-0.1, -0.05) is 31.4 Å². The molecule has 3 amide bonds. The molecule has 1 aliphatic rings. The molecule has 0 aromatic carbocycles. The lowest BCUT2D eigenvalue weighted by Gasteiger charge is -1.94. The SMILES string of the molecule is C=C/C=C(C=C)/C=C1/NC(=O)NC1=O. The summed E-state index contributed by atoms with van der Waals surface area (Å²) in [6.07, 6.45) is 6.34. The van der Waals surface area contributed by atoms with E-state index in [0.29, 0.717) is 5.57 Å². The summed E-state index contributed by atoms with van der Waals surface area (Å²) in [5.74, 6) is -0.438. The molecule has 0 atom stereocenters. The third-order valence-corrected chi connectivity index (χ3v) is 1.58. The molecule has 0 aliphatic carbocycles. The van der Waals surface area contributed by atoms with E-state index in [1.54, 1.807) is 18.2 Å². The van der Waals surface area contributed by atoms with Gasteiger partial charge in [0.1, 0.15) is 5.70 Å². The Morgan fingerprint density at radius 2 is 1.93 bits per heavy atom. The van der Waals surface area contributed by atoms with Crippen molar-refractivity contribution in [3.05, 3.63) is 48.7 Å². The maximum atomic E-state index is 11.1. The number of rotatable bonds is 3. The molecule has 0 unspecified atom stereocenters. The van der Waals surface area contributed by atoms with Crippen LogP contribution in [-0.2, 0) is 4.79 Å². The molecule has 0 saturated carbocycles. The van der Waals surface area contributed by atoms with E-state index in [4.69, 9.17) is 0 Å². The van der Waals surface area contributed by atoms with E-state index < -0.39 is 11.9 Å². The molecule has 0 spiro atoms. The fourth-order valence-electron chi connectivity index (χ4n) is 0.960. The van der Waals surface area contributed by atoms with Gasteiger partial charge in [0.15, 0.2) is 0 Å². The second-order valence-corrected chi connectivity index (χ2v) is 2.57. The van der Waals surface area contributed by atoms with Gasteiger partial charge in [-0.25, -0.2) is 4.79 Å². The van der Waals surface area contributed by atoms with E-state index in [0.717, 1.165) is 0 Å². The molecule has 0 aromatic heterocycles. The molecule has 1 saturated heterocycles. The first-order valence-corrected chi connectivity index (χ1v) is 3.96. The number of carbonyl (C=O) groups excluding carboxylic acids is 2. The predicted molar refractivity (Wildman–Crippen MR) is 53.2 cm³/mol. The van der Waals surface area contributed by atoms with Crippen LogP contribution in [0.1, 0.15) is 0 Å². The first kappa shape index (κ1) is 9.98. The van der Waals surface area contributed by atoms with Crippen LogP contribution in [0.25, 0.3) is 0 Å². The number of nitrogens with one attached hydrogen (secondary N) is 2. The van der Waals surface area contributed by atoms with E-state index in [9.17, 15) is 9.59 Å². The number of carbonyl (C=O) groups is 2. The van der Waals surface area contributed by atoms with Gasteiger partial charge in [0.05, 0.1) is 0 Å². The van der Waals surface area contributed by atoms with Crippen molar-refractivity contribution >= 4 is 11.9 Å². The van der Waals surface area contributed by atoms with Crippen LogP contribution < -0.4 is 10.6 Å². The predicted octanol–water partition coefficient (Wildman–Crippen LogP) is 1.01. The summed E-state index contributed by atoms with van der Waals surface area (Å²) in [7, 11) is 0. The third-order valence-electron chi connectivity index (χ3n) is 1.58. The van der Waals surface area contributed by atoms with Crippen LogP contribution in [0, 0.1) is 0 Å². The maximum Gasteiger partial charge on any atom is 0.326 e. The summed E-state index contributed by atoms with van der Waals surface area (Å²) < 4.78 is 0. The summed E-state index contributed by atoms with van der Waals surface area (Å²) in [6.45, 7) is 7.08. The number of allylic oxidation sites excluding steroid dienone is 5. The van der Waals surface area contributed by atoms with Crippen molar-refractivity contribution in [1.82, 2.24) is 10.6 Å². The Morgan fingerprint density at radius 1 is 1.21 bits per heavy atom. The van der Waals surface area contributed by atoms with Gasteiger partial charge in [-0.3, -0.25) is 10.1 Å². The second kappa shape index (κ2) is 4.23. The molecule has 0 bridgehead atoms. The molecule has 14 heavy (non-hydrogen) atoms. The minimum Gasteiger partial charge on any atom is -0.303 e. The molecule has 4 heteroatoms. The quantitative estimate of drug-likeness (QED) is 0.396. The van der Waals surface area contributed by atoms with E-state index in [2.05, 4.69) is 23.8 Å². The molecule has 1 aliphatic heterocycles. The fraction of sp³-hybridized carbons (Fsp3) is 0. The average Bonchev–Trinajstić information content (AvgIpc) is 2.44. The lowest BCUT2D eigenvalue weighted by atomic mass is 10.2. The summed E-state index contributed by atoms with van der Waals surface area (Å²) >= 11 is 0. The monoisotopic (exact) mass is 190 g/mol. The first-order chi connectivity index (χ1) is 6.67. The molecule has 0 aromatic rings. The van der Waals surface area contributed by atoms with E-state index in [-0.39, 0.29) is 5.70 Å². The largest absolute Gasteiger partial charge is 0.326 e. The Kier molecular flexibility index (Phi) is 3.01. The van der Waals surface area contributed by atoms with Gasteiger partial charge in [-0.2, -0.15) is 0 Å². The average molecular weight is 190 g/mol. The molecule has 2 N–H and O–H groups in total. The minimum atomic E-state index is -0.511. The zero-order chi connectivity index (χ0) is 10.6. The van der Waals surface area contributed by atoms with Gasteiger partial charge in [0.25, 0.3) is 5.91 Å². The lowest BCUT2D eigenvalue weighted by molar-refractivity contribution is -0.115. The van der Waals surface area contributed by atoms with Crippen molar-refractivity contribution in [2.45, 2.75) is 0 Å². The molecule has 1 fully saturated rings. The van der Waals surface area contributed by atoms with E-state index in [1.807, 2.05) is 0 Å². The van der Waals surface area contributed by atoms with Crippen molar-refractivity contribution < 1.29 is 9.59 Å². The Morgan fingerprint density at radius 3 is 2.36 bits per heavy atom. The zero-order valence-corrected chi connectivity index (χ0v) is 7.54. The second-order valence-electron chi connectivity index (χ2n) is 2.57. The molecule has 1 heterocycles. The van der Waals surface area contributed by atoms with Gasteiger partial charge in [0, 0.05) is 0 Å². The number of amides is 3. The van der Waals surface area contributed by atoms with Crippen LogP contribution in [0.3, 0.4) is 0 Å². The Labute approximate surface area is 81.7 Å². The van der Waals surface area contributed by atoms with Crippen LogP contribution in [0.5, 0.6) is 0 Å². The van der Waals surface area contributed by atoms with Crippen LogP contribution in [0.4, 0.5) is 4.79 Å². The highest BCUT2D eigenvalue weighted by Gasteiger charge is 2.22. The van der Waals surface area contributed by atoms with Crippen molar-refractivity contribution in [1.29, 1.82) is 0 Å². The number of imide groups is 1. The fourth-order valence-corrected chi connectivity index (χ4v) is 0.960. The van der Waals surface area contributed by atoms with Crippen LogP contribution in [-0.4, -0.2) is 11.9 Å². The third kappa shape index (κ3) is 2.20. The Balaban J connectivity index is 2.92. The highest BCUT2D eigenvalue weighted by Crippen LogP contribution is 2.05. The Bertz CT molecular complexity index is 364. The van der Waals surface area contributed by atoms with Crippen molar-refractivity contribution in [3.8, 4) is 0 Å². The highest BCUT2D eigenvalue weighted by atomic mass is 16.2. The van der Waals surface area contributed by atoms with Crippen LogP contribution >= 0.6 is 0 Å². The normalized spacial score (nSPS) is 19.1. The highest BCUT2D eigenvalue weighted by molar-refractivity contribution is 6.11. The van der Waals surface area contributed by atoms with Gasteiger partial charge in [-0.15, -0.1) is 0 Å². The van der Waals surface area contributed by atoms with Crippen molar-refractivity contribution in [2.24, 2.45) is 0 Å². The lowest BCUT2D eigenvalue weighted by Crippen LogP contribution is -2.22. The summed E-state index contributed by atoms with van der Waals surface area (Å²) in [6, 6.07) is -0.511. The molecule has 4 nitrogen and oxygen atoms in total. The molecule has 1 rings (SSSR count). The summed E-state index contributed by atoms with van der Waals surface area (Å²) in [5, 5.41) is 4.46. The smallest absolute Gasteiger partial charge is 0.303 e. The number of hydrogen-bond donors (Lipinski definition) is 2. The van der Waals surface area contributed by atoms with E-state index in [1.165, 1.54) is 6.08 Å². The maximum absolute atomic E-state index is 11.1. The number of hydrogen-bond acceptors (Lipinski definition) is 2. The van der Waals surface area contributed by atoms with E-state index >= 15 is 0 Å². The first-order valence-electron chi connectivity index (χ1n) is 3.96. The summed E-state index contributed by atoms with van der Waals surface area (Å²) in [5.41, 5.74) is 0.912. The topological polar surface area (TPSA) is 58.2 Å². The molecule has 72 valence electrons. The summed E-state index contributed by atoms with van der Waals surface area (Å²) in [4.78, 5) is 21.8. The van der Waals surface area contributed by atoms with Crippen LogP contribution in [0.2, 0.25) is 0 Å².